The number of hydrogen-bond donors (Lipinski definition) is 1. The molecule has 2 unspecified atom stereocenters. The molecule has 0 aromatic carbocycles. The Bertz CT molecular complexity index is 807. The lowest BCUT2D eigenvalue weighted by Gasteiger charge is -2.21. The van der Waals surface area contributed by atoms with E-state index in [0.717, 1.165) is 24.4 Å². The maximum absolute atomic E-state index is 12.8. The second kappa shape index (κ2) is 6.02. The first-order chi connectivity index (χ1) is 12.0. The normalized spacial score (nSPS) is 21.8. The number of carboxylic acid groups (broad SMARTS) is 1. The predicted octanol–water partition coefficient (Wildman–Crippen LogP) is 3.30. The zero-order chi connectivity index (χ0) is 17.6. The number of rotatable bonds is 6. The molecule has 6 heteroatoms. The van der Waals surface area contributed by atoms with Crippen LogP contribution in [0.25, 0.3) is 0 Å². The fourth-order valence-corrected chi connectivity index (χ4v) is 3.13. The molecule has 2 heterocycles. The van der Waals surface area contributed by atoms with Crippen LogP contribution in [0.1, 0.15) is 64.5 Å². The van der Waals surface area contributed by atoms with Crippen LogP contribution >= 0.6 is 0 Å². The Labute approximate surface area is 145 Å². The molecule has 0 spiro atoms. The quantitative estimate of drug-likeness (QED) is 0.872. The van der Waals surface area contributed by atoms with Gasteiger partial charge in [0.25, 0.3) is 5.91 Å². The number of aromatic nitrogens is 1. The smallest absolute Gasteiger partial charge is 0.354 e. The van der Waals surface area contributed by atoms with E-state index in [2.05, 4.69) is 11.9 Å². The van der Waals surface area contributed by atoms with E-state index in [1.165, 1.54) is 24.8 Å². The highest BCUT2D eigenvalue weighted by Gasteiger charge is 2.37. The lowest BCUT2D eigenvalue weighted by molar-refractivity contribution is 0.0683. The second-order valence-electron chi connectivity index (χ2n) is 7.03. The summed E-state index contributed by atoms with van der Waals surface area (Å²) < 4.78 is 5.94. The molecular weight excluding hydrogens is 320 g/mol. The number of carbonyl (C=O) groups is 2. The van der Waals surface area contributed by atoms with Crippen molar-refractivity contribution in [2.24, 2.45) is 5.92 Å². The fourth-order valence-electron chi connectivity index (χ4n) is 3.13. The van der Waals surface area contributed by atoms with Gasteiger partial charge in [-0.3, -0.25) is 4.79 Å². The molecule has 1 amide bonds. The number of carboxylic acids is 1. The maximum atomic E-state index is 12.8. The molecule has 130 valence electrons. The van der Waals surface area contributed by atoms with E-state index in [0.29, 0.717) is 23.9 Å². The van der Waals surface area contributed by atoms with Crippen LogP contribution < -0.4 is 0 Å². The first-order valence-corrected chi connectivity index (χ1v) is 8.62. The minimum absolute atomic E-state index is 0.0660. The van der Waals surface area contributed by atoms with Crippen LogP contribution in [0.15, 0.2) is 34.9 Å². The Kier molecular flexibility index (Phi) is 3.82. The van der Waals surface area contributed by atoms with Crippen molar-refractivity contribution in [1.82, 2.24) is 9.88 Å². The summed E-state index contributed by atoms with van der Waals surface area (Å²) in [6, 6.07) is 7.07. The summed E-state index contributed by atoms with van der Waals surface area (Å²) in [5.41, 5.74) is 0.336. The van der Waals surface area contributed by atoms with Crippen molar-refractivity contribution in [1.29, 1.82) is 0 Å². The van der Waals surface area contributed by atoms with Gasteiger partial charge in [0.05, 0.1) is 12.1 Å². The zero-order valence-corrected chi connectivity index (χ0v) is 14.0. The van der Waals surface area contributed by atoms with Gasteiger partial charge in [-0.05, 0) is 49.4 Å². The number of nitrogens with zero attached hydrogens (tertiary/aromatic N) is 2. The van der Waals surface area contributed by atoms with Gasteiger partial charge in [-0.25, -0.2) is 9.78 Å². The second-order valence-corrected chi connectivity index (χ2v) is 7.03. The summed E-state index contributed by atoms with van der Waals surface area (Å²) in [5.74, 6) is 1.77. The van der Waals surface area contributed by atoms with E-state index in [1.807, 2.05) is 12.1 Å². The lowest BCUT2D eigenvalue weighted by Crippen LogP contribution is -2.32. The van der Waals surface area contributed by atoms with Gasteiger partial charge in [0.1, 0.15) is 17.2 Å². The molecule has 0 radical (unpaired) electrons. The molecule has 2 aliphatic rings. The highest BCUT2D eigenvalue weighted by molar-refractivity contribution is 5.95. The average molecular weight is 340 g/mol. The van der Waals surface area contributed by atoms with Gasteiger partial charge >= 0.3 is 5.97 Å². The Morgan fingerprint density at radius 3 is 2.60 bits per heavy atom. The monoisotopic (exact) mass is 340 g/mol. The van der Waals surface area contributed by atoms with Crippen molar-refractivity contribution in [2.75, 3.05) is 0 Å². The molecule has 1 N–H and O–H groups in total. The Morgan fingerprint density at radius 1 is 1.28 bits per heavy atom. The van der Waals surface area contributed by atoms with Crippen LogP contribution in [0.4, 0.5) is 0 Å². The van der Waals surface area contributed by atoms with E-state index in [-0.39, 0.29) is 17.6 Å². The number of furan rings is 1. The maximum Gasteiger partial charge on any atom is 0.354 e. The SMILES string of the molecule is CC1CC1c1ccc(CN(C(=O)c2ccc(C(=O)O)nc2)C2CC2)o1. The van der Waals surface area contributed by atoms with Crippen molar-refractivity contribution < 1.29 is 19.1 Å². The number of carbonyl (C=O) groups excluding carboxylic acids is 1. The summed E-state index contributed by atoms with van der Waals surface area (Å²) in [5, 5.41) is 8.92. The van der Waals surface area contributed by atoms with Gasteiger partial charge in [-0.2, -0.15) is 0 Å². The predicted molar refractivity (Wildman–Crippen MR) is 89.3 cm³/mol. The van der Waals surface area contributed by atoms with E-state index in [1.54, 1.807) is 4.90 Å². The third kappa shape index (κ3) is 3.29. The van der Waals surface area contributed by atoms with Gasteiger partial charge in [0.2, 0.25) is 0 Å². The minimum atomic E-state index is -1.10. The summed E-state index contributed by atoms with van der Waals surface area (Å²) >= 11 is 0. The molecule has 0 bridgehead atoms. The highest BCUT2D eigenvalue weighted by atomic mass is 16.4. The molecule has 25 heavy (non-hydrogen) atoms. The van der Waals surface area contributed by atoms with Crippen LogP contribution in [0.3, 0.4) is 0 Å². The average Bonchev–Trinajstić information content (AvgIpc) is 3.53. The molecule has 2 saturated carbocycles. The molecule has 4 rings (SSSR count). The molecule has 0 saturated heterocycles. The molecule has 2 aromatic heterocycles. The Morgan fingerprint density at radius 2 is 2.04 bits per heavy atom. The molecule has 6 nitrogen and oxygen atoms in total. The van der Waals surface area contributed by atoms with Crippen LogP contribution in [0.5, 0.6) is 0 Å². The lowest BCUT2D eigenvalue weighted by atomic mass is 10.2. The van der Waals surface area contributed by atoms with Crippen LogP contribution in [0, 0.1) is 5.92 Å². The number of hydrogen-bond acceptors (Lipinski definition) is 4. The third-order valence-electron chi connectivity index (χ3n) is 4.96. The number of pyridine rings is 1. The van der Waals surface area contributed by atoms with E-state index >= 15 is 0 Å². The molecular formula is C19H20N2O4. The molecule has 2 aromatic rings. The topological polar surface area (TPSA) is 83.6 Å². The zero-order valence-electron chi connectivity index (χ0n) is 14.0. The van der Waals surface area contributed by atoms with Crippen molar-refractivity contribution in [3.63, 3.8) is 0 Å². The van der Waals surface area contributed by atoms with Gasteiger partial charge in [0.15, 0.2) is 0 Å². The Balaban J connectivity index is 1.49. The Hall–Kier alpha value is -2.63. The van der Waals surface area contributed by atoms with Crippen LogP contribution in [0.2, 0.25) is 0 Å². The number of amides is 1. The molecule has 0 aliphatic heterocycles. The van der Waals surface area contributed by atoms with Crippen LogP contribution in [-0.2, 0) is 6.54 Å². The summed E-state index contributed by atoms with van der Waals surface area (Å²) in [6.45, 7) is 2.64. The van der Waals surface area contributed by atoms with E-state index in [9.17, 15) is 9.59 Å². The summed E-state index contributed by atoms with van der Waals surface area (Å²) in [4.78, 5) is 29.3. The van der Waals surface area contributed by atoms with E-state index < -0.39 is 5.97 Å². The first kappa shape index (κ1) is 15.9. The third-order valence-corrected chi connectivity index (χ3v) is 4.96. The number of aromatic carboxylic acids is 1. The molecule has 2 atom stereocenters. The fraction of sp³-hybridized carbons (Fsp3) is 0.421. The van der Waals surface area contributed by atoms with Crippen molar-refractivity contribution >= 4 is 11.9 Å². The van der Waals surface area contributed by atoms with Crippen LogP contribution in [-0.4, -0.2) is 32.9 Å². The standard InChI is InChI=1S/C19H20N2O4/c1-11-8-15(11)17-7-5-14(25-17)10-21(13-3-4-13)18(22)12-2-6-16(19(23)24)20-9-12/h2,5-7,9,11,13,15H,3-4,8,10H2,1H3,(H,23,24). The molecule has 2 aliphatic carbocycles. The minimum Gasteiger partial charge on any atom is -0.477 e. The van der Waals surface area contributed by atoms with Gasteiger partial charge in [0, 0.05) is 18.2 Å². The molecule has 2 fully saturated rings. The van der Waals surface area contributed by atoms with Crippen molar-refractivity contribution in [3.8, 4) is 0 Å². The van der Waals surface area contributed by atoms with E-state index in [4.69, 9.17) is 9.52 Å². The largest absolute Gasteiger partial charge is 0.477 e. The first-order valence-electron chi connectivity index (χ1n) is 8.62. The van der Waals surface area contributed by atoms with Crippen molar-refractivity contribution in [2.45, 2.75) is 44.7 Å². The summed E-state index contributed by atoms with van der Waals surface area (Å²) in [6.07, 6.45) is 4.47. The van der Waals surface area contributed by atoms with Crippen molar-refractivity contribution in [3.05, 3.63) is 53.2 Å². The van der Waals surface area contributed by atoms with Gasteiger partial charge in [-0.1, -0.05) is 6.92 Å². The van der Waals surface area contributed by atoms with Gasteiger partial charge < -0.3 is 14.4 Å². The summed E-state index contributed by atoms with van der Waals surface area (Å²) in [7, 11) is 0. The van der Waals surface area contributed by atoms with Gasteiger partial charge in [-0.15, -0.1) is 0 Å². The highest BCUT2D eigenvalue weighted by Crippen LogP contribution is 2.47.